The predicted molar refractivity (Wildman–Crippen MR) is 97.7 cm³/mol. The Labute approximate surface area is 146 Å². The van der Waals surface area contributed by atoms with Gasteiger partial charge in [-0.05, 0) is 48.9 Å². The van der Waals surface area contributed by atoms with Crippen LogP contribution in [0.5, 0.6) is 5.75 Å². The molecule has 4 nitrogen and oxygen atoms in total. The van der Waals surface area contributed by atoms with Crippen LogP contribution in [0.15, 0.2) is 18.2 Å². The molecule has 1 aromatic carbocycles. The standard InChI is InChI=1S/C20H33NO3/c1-15-11-16(20(2,3)4)8-9-19(15)24-14-18(23)12-21-10-6-5-7-17(21)13-22/h8-9,11,17-18,22-23H,5-7,10,12-14H2,1-4H3. The van der Waals surface area contributed by atoms with Crippen LogP contribution in [-0.2, 0) is 5.41 Å². The highest BCUT2D eigenvalue weighted by Crippen LogP contribution is 2.27. The molecule has 4 heteroatoms. The van der Waals surface area contributed by atoms with Crippen molar-refractivity contribution in [2.24, 2.45) is 0 Å². The predicted octanol–water partition coefficient (Wildman–Crippen LogP) is 2.88. The maximum Gasteiger partial charge on any atom is 0.122 e. The van der Waals surface area contributed by atoms with E-state index >= 15 is 0 Å². The van der Waals surface area contributed by atoms with Crippen molar-refractivity contribution in [3.8, 4) is 5.75 Å². The molecule has 136 valence electrons. The van der Waals surface area contributed by atoms with E-state index in [4.69, 9.17) is 4.74 Å². The van der Waals surface area contributed by atoms with E-state index in [2.05, 4.69) is 37.8 Å². The third-order valence-corrected chi connectivity index (χ3v) is 4.88. The van der Waals surface area contributed by atoms with Gasteiger partial charge in [-0.25, -0.2) is 0 Å². The molecule has 1 aliphatic rings. The molecule has 0 aromatic heterocycles. The molecule has 1 fully saturated rings. The lowest BCUT2D eigenvalue weighted by Crippen LogP contribution is -2.46. The first-order valence-electron chi connectivity index (χ1n) is 9.08. The van der Waals surface area contributed by atoms with Gasteiger partial charge in [0.15, 0.2) is 0 Å². The van der Waals surface area contributed by atoms with Gasteiger partial charge < -0.3 is 14.9 Å². The zero-order valence-corrected chi connectivity index (χ0v) is 15.6. The summed E-state index contributed by atoms with van der Waals surface area (Å²) in [7, 11) is 0. The zero-order chi connectivity index (χ0) is 17.7. The average Bonchev–Trinajstić information content (AvgIpc) is 2.53. The molecule has 0 spiro atoms. The molecule has 0 bridgehead atoms. The number of piperidine rings is 1. The average molecular weight is 335 g/mol. The van der Waals surface area contributed by atoms with Crippen molar-refractivity contribution in [2.45, 2.75) is 64.5 Å². The van der Waals surface area contributed by atoms with Gasteiger partial charge in [-0.15, -0.1) is 0 Å². The van der Waals surface area contributed by atoms with Crippen LogP contribution in [-0.4, -0.2) is 53.6 Å². The molecule has 1 aliphatic heterocycles. The second-order valence-corrected chi connectivity index (χ2v) is 8.02. The Balaban J connectivity index is 1.88. The Morgan fingerprint density at radius 1 is 1.29 bits per heavy atom. The lowest BCUT2D eigenvalue weighted by molar-refractivity contribution is 0.0231. The van der Waals surface area contributed by atoms with Gasteiger partial charge in [-0.1, -0.05) is 39.3 Å². The lowest BCUT2D eigenvalue weighted by atomic mass is 9.86. The van der Waals surface area contributed by atoms with Gasteiger partial charge in [0.25, 0.3) is 0 Å². The summed E-state index contributed by atoms with van der Waals surface area (Å²) in [6.07, 6.45) is 2.77. The van der Waals surface area contributed by atoms with E-state index in [9.17, 15) is 10.2 Å². The molecule has 1 saturated heterocycles. The van der Waals surface area contributed by atoms with Crippen LogP contribution in [0.25, 0.3) is 0 Å². The summed E-state index contributed by atoms with van der Waals surface area (Å²) < 4.78 is 5.84. The SMILES string of the molecule is Cc1cc(C(C)(C)C)ccc1OCC(O)CN1CCCCC1CO. The van der Waals surface area contributed by atoms with E-state index in [1.54, 1.807) is 0 Å². The fourth-order valence-electron chi connectivity index (χ4n) is 3.29. The monoisotopic (exact) mass is 335 g/mol. The van der Waals surface area contributed by atoms with E-state index in [-0.39, 0.29) is 24.7 Å². The third kappa shape index (κ3) is 5.20. The minimum Gasteiger partial charge on any atom is -0.491 e. The fourth-order valence-corrected chi connectivity index (χ4v) is 3.29. The minimum atomic E-state index is -0.543. The van der Waals surface area contributed by atoms with Crippen molar-refractivity contribution in [1.82, 2.24) is 4.90 Å². The quantitative estimate of drug-likeness (QED) is 0.839. The number of nitrogens with zero attached hydrogens (tertiary/aromatic N) is 1. The molecule has 1 aromatic rings. The molecule has 0 amide bonds. The van der Waals surface area contributed by atoms with Crippen molar-refractivity contribution in [1.29, 1.82) is 0 Å². The van der Waals surface area contributed by atoms with Gasteiger partial charge in [-0.2, -0.15) is 0 Å². The Bertz CT molecular complexity index is 524. The minimum absolute atomic E-state index is 0.121. The highest BCUT2D eigenvalue weighted by atomic mass is 16.5. The first-order chi connectivity index (χ1) is 11.3. The molecule has 2 atom stereocenters. The van der Waals surface area contributed by atoms with Crippen LogP contribution < -0.4 is 4.74 Å². The maximum absolute atomic E-state index is 10.3. The van der Waals surface area contributed by atoms with Gasteiger partial charge in [0, 0.05) is 12.6 Å². The van der Waals surface area contributed by atoms with Crippen LogP contribution in [0.1, 0.15) is 51.2 Å². The van der Waals surface area contributed by atoms with Gasteiger partial charge in [0.2, 0.25) is 0 Å². The topological polar surface area (TPSA) is 52.9 Å². The van der Waals surface area contributed by atoms with Crippen LogP contribution in [0.4, 0.5) is 0 Å². The smallest absolute Gasteiger partial charge is 0.122 e. The first-order valence-corrected chi connectivity index (χ1v) is 9.08. The van der Waals surface area contributed by atoms with Gasteiger partial charge in [-0.3, -0.25) is 4.90 Å². The number of likely N-dealkylation sites (tertiary alicyclic amines) is 1. The van der Waals surface area contributed by atoms with Crippen molar-refractivity contribution < 1.29 is 14.9 Å². The summed E-state index contributed by atoms with van der Waals surface area (Å²) in [6, 6.07) is 6.44. The summed E-state index contributed by atoms with van der Waals surface area (Å²) in [6.45, 7) is 10.6. The molecule has 0 aliphatic carbocycles. The van der Waals surface area contributed by atoms with E-state index in [1.807, 2.05) is 13.0 Å². The third-order valence-electron chi connectivity index (χ3n) is 4.88. The number of β-amino-alcohol motifs (C(OH)–C–C–N with tert-alkyl or cyclic N) is 1. The van der Waals surface area contributed by atoms with Crippen molar-refractivity contribution >= 4 is 0 Å². The maximum atomic E-state index is 10.3. The van der Waals surface area contributed by atoms with Crippen LogP contribution in [0, 0.1) is 6.92 Å². The van der Waals surface area contributed by atoms with Gasteiger partial charge in [0.1, 0.15) is 18.5 Å². The molecular formula is C20H33NO3. The molecule has 0 radical (unpaired) electrons. The second kappa shape index (κ2) is 8.32. The lowest BCUT2D eigenvalue weighted by Gasteiger charge is -2.35. The molecule has 24 heavy (non-hydrogen) atoms. The molecule has 0 saturated carbocycles. The van der Waals surface area contributed by atoms with Crippen molar-refractivity contribution in [3.05, 3.63) is 29.3 Å². The summed E-state index contributed by atoms with van der Waals surface area (Å²) >= 11 is 0. The summed E-state index contributed by atoms with van der Waals surface area (Å²) in [5, 5.41) is 19.8. The Morgan fingerprint density at radius 3 is 2.67 bits per heavy atom. The van der Waals surface area contributed by atoms with Gasteiger partial charge in [0.05, 0.1) is 6.61 Å². The number of rotatable bonds is 6. The number of ether oxygens (including phenoxy) is 1. The summed E-state index contributed by atoms with van der Waals surface area (Å²) in [5.74, 6) is 0.833. The highest BCUT2D eigenvalue weighted by Gasteiger charge is 2.24. The van der Waals surface area contributed by atoms with Crippen LogP contribution in [0.2, 0.25) is 0 Å². The number of hydrogen-bond acceptors (Lipinski definition) is 4. The highest BCUT2D eigenvalue weighted by molar-refractivity contribution is 5.38. The van der Waals surface area contributed by atoms with E-state index in [0.29, 0.717) is 6.54 Å². The summed E-state index contributed by atoms with van der Waals surface area (Å²) in [4.78, 5) is 2.19. The van der Waals surface area contributed by atoms with Crippen LogP contribution in [0.3, 0.4) is 0 Å². The van der Waals surface area contributed by atoms with E-state index in [0.717, 1.165) is 37.1 Å². The normalized spacial score (nSPS) is 20.8. The molecule has 2 rings (SSSR count). The summed E-state index contributed by atoms with van der Waals surface area (Å²) in [5.41, 5.74) is 2.50. The van der Waals surface area contributed by atoms with Crippen LogP contribution >= 0.6 is 0 Å². The molecular weight excluding hydrogens is 302 g/mol. The number of hydrogen-bond donors (Lipinski definition) is 2. The number of aliphatic hydroxyl groups is 2. The Hall–Kier alpha value is -1.10. The Morgan fingerprint density at radius 2 is 2.04 bits per heavy atom. The molecule has 2 unspecified atom stereocenters. The fraction of sp³-hybridized carbons (Fsp3) is 0.700. The number of aliphatic hydroxyl groups excluding tert-OH is 2. The van der Waals surface area contributed by atoms with E-state index in [1.165, 1.54) is 5.56 Å². The number of benzene rings is 1. The van der Waals surface area contributed by atoms with Gasteiger partial charge >= 0.3 is 0 Å². The van der Waals surface area contributed by atoms with Crippen molar-refractivity contribution in [3.63, 3.8) is 0 Å². The zero-order valence-electron chi connectivity index (χ0n) is 15.6. The Kier molecular flexibility index (Phi) is 6.67. The largest absolute Gasteiger partial charge is 0.491 e. The second-order valence-electron chi connectivity index (χ2n) is 8.02. The molecule has 2 N–H and O–H groups in total. The number of aryl methyl sites for hydroxylation is 1. The van der Waals surface area contributed by atoms with Crippen molar-refractivity contribution in [2.75, 3.05) is 26.3 Å². The van der Waals surface area contributed by atoms with E-state index < -0.39 is 6.10 Å². The molecule has 1 heterocycles. The first kappa shape index (κ1) is 19.2.